The Hall–Kier alpha value is -1.70. The van der Waals surface area contributed by atoms with Gasteiger partial charge < -0.3 is 9.67 Å². The number of imidazole rings is 1. The summed E-state index contributed by atoms with van der Waals surface area (Å²) in [7, 11) is -1.99. The van der Waals surface area contributed by atoms with Gasteiger partial charge in [0.2, 0.25) is 0 Å². The number of hydrogen-bond donors (Lipinski definition) is 2. The number of nitrogens with zero attached hydrogens (tertiary/aromatic N) is 2. The van der Waals surface area contributed by atoms with Crippen LogP contribution in [0.15, 0.2) is 41.8 Å². The fraction of sp³-hybridized carbons (Fsp3) is 0.400. The molecular formula is C15H19N3O3S. The zero-order valence-corrected chi connectivity index (χ0v) is 13.2. The summed E-state index contributed by atoms with van der Waals surface area (Å²) >= 11 is 0. The quantitative estimate of drug-likeness (QED) is 0.864. The maximum absolute atomic E-state index is 12.2. The number of rotatable bonds is 4. The van der Waals surface area contributed by atoms with Gasteiger partial charge in [-0.25, -0.2) is 18.1 Å². The molecule has 1 aliphatic carbocycles. The second-order valence-corrected chi connectivity index (χ2v) is 7.59. The minimum Gasteiger partial charge on any atom is -0.388 e. The van der Waals surface area contributed by atoms with Gasteiger partial charge in [0.1, 0.15) is 0 Å². The number of aromatic nitrogens is 2. The van der Waals surface area contributed by atoms with Gasteiger partial charge >= 0.3 is 0 Å². The highest BCUT2D eigenvalue weighted by Crippen LogP contribution is 2.28. The molecule has 1 aromatic heterocycles. The van der Waals surface area contributed by atoms with Crippen molar-refractivity contribution in [1.82, 2.24) is 14.3 Å². The van der Waals surface area contributed by atoms with Crippen molar-refractivity contribution in [2.24, 2.45) is 7.05 Å². The molecule has 0 saturated heterocycles. The Bertz CT molecular complexity index is 785. The lowest BCUT2D eigenvalue weighted by Crippen LogP contribution is -2.46. The number of nitrogens with one attached hydrogen (secondary N) is 1. The Balaban J connectivity index is 1.71. The molecule has 0 amide bonds. The van der Waals surface area contributed by atoms with E-state index in [1.807, 2.05) is 24.3 Å². The average molecular weight is 321 g/mol. The van der Waals surface area contributed by atoms with Crippen molar-refractivity contribution in [3.8, 4) is 0 Å². The Morgan fingerprint density at radius 1 is 1.36 bits per heavy atom. The first-order chi connectivity index (χ1) is 10.4. The monoisotopic (exact) mass is 321 g/mol. The number of aliphatic hydroxyl groups is 1. The SMILES string of the molecule is Cn1cnc(S(=O)(=O)NC[C@@]2(O)CCc3ccccc3C2)c1. The van der Waals surface area contributed by atoms with E-state index in [0.717, 1.165) is 12.0 Å². The lowest BCUT2D eigenvalue weighted by molar-refractivity contribution is 0.0317. The molecule has 7 heteroatoms. The maximum atomic E-state index is 12.2. The van der Waals surface area contributed by atoms with Crippen molar-refractivity contribution >= 4 is 10.0 Å². The first-order valence-electron chi connectivity index (χ1n) is 7.15. The van der Waals surface area contributed by atoms with Crippen LogP contribution in [-0.2, 0) is 29.9 Å². The molecule has 0 spiro atoms. The molecule has 6 nitrogen and oxygen atoms in total. The number of hydrogen-bond acceptors (Lipinski definition) is 4. The van der Waals surface area contributed by atoms with E-state index in [1.165, 1.54) is 18.1 Å². The molecule has 1 atom stereocenters. The summed E-state index contributed by atoms with van der Waals surface area (Å²) in [5, 5.41) is 10.6. The van der Waals surface area contributed by atoms with Crippen molar-refractivity contribution < 1.29 is 13.5 Å². The van der Waals surface area contributed by atoms with Crippen molar-refractivity contribution in [2.75, 3.05) is 6.54 Å². The molecule has 0 unspecified atom stereocenters. The third-order valence-electron chi connectivity index (χ3n) is 4.05. The highest BCUT2D eigenvalue weighted by molar-refractivity contribution is 7.89. The lowest BCUT2D eigenvalue weighted by Gasteiger charge is -2.33. The summed E-state index contributed by atoms with van der Waals surface area (Å²) < 4.78 is 28.4. The third-order valence-corrected chi connectivity index (χ3v) is 5.33. The van der Waals surface area contributed by atoms with Gasteiger partial charge in [-0.3, -0.25) is 0 Å². The van der Waals surface area contributed by atoms with Crippen molar-refractivity contribution in [1.29, 1.82) is 0 Å². The molecule has 0 saturated carbocycles. The average Bonchev–Trinajstić information content (AvgIpc) is 2.93. The second-order valence-electron chi connectivity index (χ2n) is 5.87. The number of sulfonamides is 1. The first kappa shape index (κ1) is 15.2. The molecule has 2 aromatic rings. The van der Waals surface area contributed by atoms with Crippen molar-refractivity contribution in [2.45, 2.75) is 29.9 Å². The minimum absolute atomic E-state index is 0.0136. The molecular weight excluding hydrogens is 302 g/mol. The van der Waals surface area contributed by atoms with Crippen LogP contribution in [0.25, 0.3) is 0 Å². The second kappa shape index (κ2) is 5.49. The molecule has 2 N–H and O–H groups in total. The fourth-order valence-electron chi connectivity index (χ4n) is 2.77. The van der Waals surface area contributed by atoms with Crippen molar-refractivity contribution in [3.63, 3.8) is 0 Å². The first-order valence-corrected chi connectivity index (χ1v) is 8.63. The molecule has 1 heterocycles. The molecule has 0 aliphatic heterocycles. The van der Waals surface area contributed by atoms with E-state index in [2.05, 4.69) is 9.71 Å². The van der Waals surface area contributed by atoms with E-state index in [1.54, 1.807) is 11.6 Å². The van der Waals surface area contributed by atoms with Gasteiger partial charge in [-0.1, -0.05) is 24.3 Å². The van der Waals surface area contributed by atoms with Crippen LogP contribution in [0.5, 0.6) is 0 Å². The molecule has 1 aliphatic rings. The fourth-order valence-corrected chi connectivity index (χ4v) is 3.86. The topological polar surface area (TPSA) is 84.2 Å². The van der Waals surface area contributed by atoms with Crippen LogP contribution in [0.2, 0.25) is 0 Å². The predicted molar refractivity (Wildman–Crippen MR) is 81.8 cm³/mol. The van der Waals surface area contributed by atoms with Crippen LogP contribution in [0, 0.1) is 0 Å². The summed E-state index contributed by atoms with van der Waals surface area (Å²) in [4.78, 5) is 3.84. The van der Waals surface area contributed by atoms with Gasteiger partial charge in [-0.2, -0.15) is 0 Å². The van der Waals surface area contributed by atoms with E-state index >= 15 is 0 Å². The van der Waals surface area contributed by atoms with Crippen LogP contribution in [-0.4, -0.2) is 35.2 Å². The summed E-state index contributed by atoms with van der Waals surface area (Å²) in [5.41, 5.74) is 1.24. The standard InChI is InChI=1S/C15H19N3O3S/c1-18-9-14(16-11-18)22(20,21)17-10-15(19)7-6-12-4-2-3-5-13(12)8-15/h2-5,9,11,17,19H,6-8,10H2,1H3/t15-/m1/s1. The molecule has 1 aromatic carbocycles. The van der Waals surface area contributed by atoms with E-state index in [-0.39, 0.29) is 11.6 Å². The number of fused-ring (bicyclic) bond motifs is 1. The van der Waals surface area contributed by atoms with Crippen LogP contribution in [0.1, 0.15) is 17.5 Å². The third kappa shape index (κ3) is 3.06. The Labute approximate surface area is 129 Å². The zero-order chi connectivity index (χ0) is 15.8. The van der Waals surface area contributed by atoms with Crippen molar-refractivity contribution in [3.05, 3.63) is 47.9 Å². The van der Waals surface area contributed by atoms with E-state index < -0.39 is 15.6 Å². The normalized spacial score (nSPS) is 21.5. The summed E-state index contributed by atoms with van der Waals surface area (Å²) in [6.45, 7) is -0.0136. The predicted octanol–water partition coefficient (Wildman–Crippen LogP) is 0.618. The lowest BCUT2D eigenvalue weighted by atomic mass is 9.80. The van der Waals surface area contributed by atoms with Gasteiger partial charge in [-0.05, 0) is 24.0 Å². The summed E-state index contributed by atoms with van der Waals surface area (Å²) in [6, 6.07) is 7.94. The summed E-state index contributed by atoms with van der Waals surface area (Å²) in [5.74, 6) is 0. The van der Waals surface area contributed by atoms with Crippen LogP contribution < -0.4 is 4.72 Å². The van der Waals surface area contributed by atoms with Gasteiger partial charge in [-0.15, -0.1) is 0 Å². The maximum Gasteiger partial charge on any atom is 0.259 e. The van der Waals surface area contributed by atoms with Gasteiger partial charge in [0.05, 0.1) is 11.9 Å². The van der Waals surface area contributed by atoms with Crippen LogP contribution in [0.4, 0.5) is 0 Å². The smallest absolute Gasteiger partial charge is 0.259 e. The molecule has 0 radical (unpaired) electrons. The molecule has 118 valence electrons. The van der Waals surface area contributed by atoms with E-state index in [4.69, 9.17) is 0 Å². The van der Waals surface area contributed by atoms with E-state index in [0.29, 0.717) is 12.8 Å². The Kier molecular flexibility index (Phi) is 3.80. The zero-order valence-electron chi connectivity index (χ0n) is 12.4. The summed E-state index contributed by atoms with van der Waals surface area (Å²) in [6.07, 6.45) is 4.60. The van der Waals surface area contributed by atoms with Crippen LogP contribution >= 0.6 is 0 Å². The molecule has 0 bridgehead atoms. The number of aryl methyl sites for hydroxylation is 2. The number of benzene rings is 1. The van der Waals surface area contributed by atoms with Gasteiger partial charge in [0.25, 0.3) is 10.0 Å². The van der Waals surface area contributed by atoms with Gasteiger partial charge in [0, 0.05) is 26.2 Å². The van der Waals surface area contributed by atoms with E-state index in [9.17, 15) is 13.5 Å². The molecule has 3 rings (SSSR count). The van der Waals surface area contributed by atoms with Crippen LogP contribution in [0.3, 0.4) is 0 Å². The molecule has 22 heavy (non-hydrogen) atoms. The highest BCUT2D eigenvalue weighted by Gasteiger charge is 2.33. The Morgan fingerprint density at radius 2 is 2.09 bits per heavy atom. The van der Waals surface area contributed by atoms with Gasteiger partial charge in [0.15, 0.2) is 5.03 Å². The Morgan fingerprint density at radius 3 is 2.77 bits per heavy atom. The largest absolute Gasteiger partial charge is 0.388 e. The minimum atomic E-state index is -3.70. The highest BCUT2D eigenvalue weighted by atomic mass is 32.2. The molecule has 0 fully saturated rings.